The second-order valence-corrected chi connectivity index (χ2v) is 13.6. The van der Waals surface area contributed by atoms with Crippen LogP contribution >= 0.6 is 19.3 Å². The van der Waals surface area contributed by atoms with E-state index in [9.17, 15) is 9.59 Å². The molecule has 1 saturated heterocycles. The number of thiazole rings is 1. The van der Waals surface area contributed by atoms with Gasteiger partial charge >= 0.3 is 12.2 Å². The van der Waals surface area contributed by atoms with Crippen LogP contribution in [-0.4, -0.2) is 46.2 Å². The molecule has 0 atom stereocenters. The lowest BCUT2D eigenvalue weighted by molar-refractivity contribution is 0.0636. The summed E-state index contributed by atoms with van der Waals surface area (Å²) in [6, 6.07) is 6.26. The maximum absolute atomic E-state index is 12.3. The highest BCUT2D eigenvalue weighted by Gasteiger charge is 2.27. The number of carbonyl (C=O) groups excluding carboxylic acids is 1. The number of benzene rings is 1. The Bertz CT molecular complexity index is 1020. The van der Waals surface area contributed by atoms with Gasteiger partial charge in [0.2, 0.25) is 0 Å². The predicted octanol–water partition coefficient (Wildman–Crippen LogP) is 6.35. The molecule has 2 heterocycles. The Morgan fingerprint density at radius 1 is 1.15 bits per heavy atom. The van der Waals surface area contributed by atoms with Crippen molar-refractivity contribution in [3.05, 3.63) is 29.4 Å². The van der Waals surface area contributed by atoms with E-state index in [0.717, 1.165) is 36.4 Å². The second-order valence-electron chi connectivity index (χ2n) is 10.1. The van der Waals surface area contributed by atoms with E-state index in [4.69, 9.17) is 14.8 Å². The van der Waals surface area contributed by atoms with E-state index in [1.807, 2.05) is 33.0 Å². The van der Waals surface area contributed by atoms with Crippen molar-refractivity contribution in [2.24, 2.45) is 0 Å². The van der Waals surface area contributed by atoms with Gasteiger partial charge in [-0.1, -0.05) is 14.0 Å². The van der Waals surface area contributed by atoms with Gasteiger partial charge in [0.05, 0.1) is 9.88 Å². The van der Waals surface area contributed by atoms with E-state index in [2.05, 4.69) is 22.8 Å². The Labute approximate surface area is 206 Å². The SMILES string of the molecule is CC(C)(C)OC(=O)Nc1ccc(-c2cnc(C3CCC(NC(=O)O)CC3)s2)c(P2CCCC2)c1. The molecule has 0 spiro atoms. The van der Waals surface area contributed by atoms with E-state index < -0.39 is 17.8 Å². The largest absolute Gasteiger partial charge is 0.465 e. The lowest BCUT2D eigenvalue weighted by Crippen LogP contribution is -2.36. The molecule has 1 aliphatic carbocycles. The van der Waals surface area contributed by atoms with Crippen LogP contribution in [0, 0.1) is 0 Å². The average Bonchev–Trinajstić information content (AvgIpc) is 3.45. The normalized spacial score (nSPS) is 21.3. The van der Waals surface area contributed by atoms with Crippen LogP contribution in [-0.2, 0) is 4.74 Å². The summed E-state index contributed by atoms with van der Waals surface area (Å²) < 4.78 is 5.43. The highest BCUT2D eigenvalue weighted by molar-refractivity contribution is 7.66. The number of rotatable bonds is 5. The molecule has 0 bridgehead atoms. The molecule has 1 aromatic carbocycles. The van der Waals surface area contributed by atoms with Crippen molar-refractivity contribution in [1.82, 2.24) is 10.3 Å². The van der Waals surface area contributed by atoms with Crippen LogP contribution in [0.2, 0.25) is 0 Å². The van der Waals surface area contributed by atoms with Crippen molar-refractivity contribution < 1.29 is 19.4 Å². The fraction of sp³-hybridized carbons (Fsp3) is 0.560. The van der Waals surface area contributed by atoms with E-state index in [1.54, 1.807) is 11.3 Å². The first-order valence-electron chi connectivity index (χ1n) is 12.0. The predicted molar refractivity (Wildman–Crippen MR) is 139 cm³/mol. The Kier molecular flexibility index (Phi) is 7.78. The minimum absolute atomic E-state index is 0.0509. The van der Waals surface area contributed by atoms with Crippen molar-refractivity contribution in [3.8, 4) is 10.4 Å². The Balaban J connectivity index is 1.52. The van der Waals surface area contributed by atoms with Crippen molar-refractivity contribution in [2.75, 3.05) is 17.6 Å². The van der Waals surface area contributed by atoms with Gasteiger partial charge in [-0.3, -0.25) is 5.32 Å². The molecule has 0 unspecified atom stereocenters. The highest BCUT2D eigenvalue weighted by Crippen LogP contribution is 2.46. The molecule has 3 N–H and O–H groups in total. The molecule has 2 aromatic rings. The molecular formula is C25H34N3O4PS. The summed E-state index contributed by atoms with van der Waals surface area (Å²) in [5.41, 5.74) is 1.47. The average molecular weight is 504 g/mol. The summed E-state index contributed by atoms with van der Waals surface area (Å²) in [7, 11) is -0.250. The van der Waals surface area contributed by atoms with Crippen molar-refractivity contribution in [1.29, 1.82) is 0 Å². The molecular weight excluding hydrogens is 469 g/mol. The van der Waals surface area contributed by atoms with Gasteiger partial charge in [0.1, 0.15) is 5.60 Å². The van der Waals surface area contributed by atoms with Gasteiger partial charge in [0, 0.05) is 29.4 Å². The summed E-state index contributed by atoms with van der Waals surface area (Å²) in [5, 5.41) is 17.0. The minimum atomic E-state index is -0.939. The van der Waals surface area contributed by atoms with Crippen LogP contribution in [0.1, 0.15) is 70.2 Å². The second kappa shape index (κ2) is 10.6. The summed E-state index contributed by atoms with van der Waals surface area (Å²) in [5.74, 6) is 0.388. The molecule has 2 aliphatic rings. The third-order valence-electron chi connectivity index (χ3n) is 6.28. The molecule has 0 radical (unpaired) electrons. The highest BCUT2D eigenvalue weighted by atomic mass is 32.1. The van der Waals surface area contributed by atoms with E-state index in [-0.39, 0.29) is 14.0 Å². The first-order chi connectivity index (χ1) is 16.2. The smallest absolute Gasteiger partial charge is 0.412 e. The zero-order valence-corrected chi connectivity index (χ0v) is 21.8. The third kappa shape index (κ3) is 6.48. The van der Waals surface area contributed by atoms with Gasteiger partial charge in [-0.25, -0.2) is 14.6 Å². The van der Waals surface area contributed by atoms with Gasteiger partial charge < -0.3 is 15.2 Å². The third-order valence-corrected chi connectivity index (χ3v) is 10.2. The zero-order valence-electron chi connectivity index (χ0n) is 20.1. The fourth-order valence-electron chi connectivity index (χ4n) is 4.72. The number of ether oxygens (including phenoxy) is 1. The molecule has 2 fully saturated rings. The quantitative estimate of drug-likeness (QED) is 0.413. The van der Waals surface area contributed by atoms with Crippen LogP contribution in [0.15, 0.2) is 24.4 Å². The summed E-state index contributed by atoms with van der Waals surface area (Å²) >= 11 is 1.76. The number of carbonyl (C=O) groups is 2. The van der Waals surface area contributed by atoms with Crippen LogP contribution in [0.3, 0.4) is 0 Å². The van der Waals surface area contributed by atoms with Crippen molar-refractivity contribution in [3.63, 3.8) is 0 Å². The van der Waals surface area contributed by atoms with E-state index in [0.29, 0.717) is 5.92 Å². The van der Waals surface area contributed by atoms with E-state index >= 15 is 0 Å². The number of hydrogen-bond acceptors (Lipinski definition) is 5. The lowest BCUT2D eigenvalue weighted by Gasteiger charge is -2.27. The number of hydrogen-bond donors (Lipinski definition) is 3. The number of nitrogens with one attached hydrogen (secondary N) is 2. The molecule has 1 aliphatic heterocycles. The van der Waals surface area contributed by atoms with Gasteiger partial charge in [0.15, 0.2) is 0 Å². The zero-order chi connectivity index (χ0) is 24.3. The molecule has 1 saturated carbocycles. The van der Waals surface area contributed by atoms with Gasteiger partial charge in [-0.2, -0.15) is 0 Å². The number of amides is 2. The number of carboxylic acid groups (broad SMARTS) is 1. The topological polar surface area (TPSA) is 101 Å². The van der Waals surface area contributed by atoms with Gasteiger partial charge in [0.25, 0.3) is 0 Å². The number of anilines is 1. The molecule has 4 rings (SSSR count). The Morgan fingerprint density at radius 3 is 2.50 bits per heavy atom. The van der Waals surface area contributed by atoms with Gasteiger partial charge in [-0.05, 0) is 89.1 Å². The van der Waals surface area contributed by atoms with Crippen LogP contribution in [0.25, 0.3) is 10.4 Å². The number of aromatic nitrogens is 1. The minimum Gasteiger partial charge on any atom is -0.465 e. The molecule has 9 heteroatoms. The standard InChI is InChI=1S/C25H34N3O4PS/c1-25(2,3)32-24(31)28-18-10-11-19(20(14-18)33-12-4-5-13-33)21-15-26-22(34-21)16-6-8-17(9-7-16)27-23(29)30/h10-11,14-17,27H,4-9,12-13H2,1-3H3,(H,28,31)(H,29,30). The fourth-order valence-corrected chi connectivity index (χ4v) is 8.69. The van der Waals surface area contributed by atoms with Crippen molar-refractivity contribution in [2.45, 2.75) is 76.9 Å². The van der Waals surface area contributed by atoms with E-state index in [1.165, 1.54) is 40.9 Å². The maximum Gasteiger partial charge on any atom is 0.412 e. The summed E-state index contributed by atoms with van der Waals surface area (Å²) in [6.07, 6.45) is 9.21. The Morgan fingerprint density at radius 2 is 1.85 bits per heavy atom. The molecule has 7 nitrogen and oxygen atoms in total. The molecule has 184 valence electrons. The molecule has 2 amide bonds. The molecule has 1 aromatic heterocycles. The lowest BCUT2D eigenvalue weighted by atomic mass is 9.86. The Hall–Kier alpha value is -2.18. The maximum atomic E-state index is 12.3. The summed E-state index contributed by atoms with van der Waals surface area (Å²) in [6.45, 7) is 5.58. The summed E-state index contributed by atoms with van der Waals surface area (Å²) in [4.78, 5) is 29.2. The van der Waals surface area contributed by atoms with Crippen molar-refractivity contribution >= 4 is 42.4 Å². The first kappa shape index (κ1) is 24.9. The first-order valence-corrected chi connectivity index (χ1v) is 14.6. The molecule has 34 heavy (non-hydrogen) atoms. The van der Waals surface area contributed by atoms with Crippen LogP contribution in [0.4, 0.5) is 15.3 Å². The van der Waals surface area contributed by atoms with Crippen LogP contribution < -0.4 is 15.9 Å². The number of nitrogens with zero attached hydrogens (tertiary/aromatic N) is 1. The monoisotopic (exact) mass is 503 g/mol. The van der Waals surface area contributed by atoms with Gasteiger partial charge in [-0.15, -0.1) is 11.3 Å². The van der Waals surface area contributed by atoms with Crippen LogP contribution in [0.5, 0.6) is 0 Å².